The Balaban J connectivity index is 2.70. The van der Waals surface area contributed by atoms with E-state index in [1.54, 1.807) is 19.1 Å². The van der Waals surface area contributed by atoms with Crippen LogP contribution in [-0.4, -0.2) is 6.47 Å². The lowest BCUT2D eigenvalue weighted by Crippen LogP contribution is -2.08. The van der Waals surface area contributed by atoms with Crippen molar-refractivity contribution in [3.05, 3.63) is 39.7 Å². The van der Waals surface area contributed by atoms with Crippen LogP contribution >= 0.6 is 0 Å². The Bertz CT molecular complexity index is 640. The van der Waals surface area contributed by atoms with Crippen LogP contribution in [0.15, 0.2) is 27.4 Å². The van der Waals surface area contributed by atoms with Crippen LogP contribution in [0.1, 0.15) is 24.5 Å². The van der Waals surface area contributed by atoms with Gasteiger partial charge in [-0.3, -0.25) is 4.79 Å². The van der Waals surface area contributed by atoms with E-state index in [9.17, 15) is 9.59 Å². The molecule has 1 aromatic carbocycles. The van der Waals surface area contributed by atoms with Gasteiger partial charge in [-0.2, -0.15) is 0 Å². The molecule has 2 rings (SSSR count). The summed E-state index contributed by atoms with van der Waals surface area (Å²) >= 11 is 0. The van der Waals surface area contributed by atoms with Gasteiger partial charge in [0.1, 0.15) is 11.3 Å². The predicted octanol–water partition coefficient (Wildman–Crippen LogP) is 2.59. The number of aryl methyl sites for hydroxylation is 1. The summed E-state index contributed by atoms with van der Waals surface area (Å²) in [5.74, 6) is 0.368. The molecule has 1 aromatic heterocycles. The van der Waals surface area contributed by atoms with Crippen molar-refractivity contribution in [2.45, 2.75) is 26.7 Å². The first-order chi connectivity index (χ1) is 8.67. The Morgan fingerprint density at radius 1 is 1.39 bits per heavy atom. The fourth-order valence-electron chi connectivity index (χ4n) is 2.04. The second-order valence-corrected chi connectivity index (χ2v) is 4.12. The van der Waals surface area contributed by atoms with E-state index in [1.165, 1.54) is 0 Å². The van der Waals surface area contributed by atoms with Gasteiger partial charge in [-0.15, -0.1) is 0 Å². The van der Waals surface area contributed by atoms with E-state index < -0.39 is 0 Å². The zero-order chi connectivity index (χ0) is 13.1. The normalized spacial score (nSPS) is 10.6. The van der Waals surface area contributed by atoms with Crippen molar-refractivity contribution in [3.63, 3.8) is 0 Å². The number of hydrogen-bond donors (Lipinski definition) is 0. The van der Waals surface area contributed by atoms with Crippen molar-refractivity contribution in [2.75, 3.05) is 0 Å². The minimum atomic E-state index is -0.339. The summed E-state index contributed by atoms with van der Waals surface area (Å²) in [6.45, 7) is 4.18. The molecule has 1 heterocycles. The first-order valence-corrected chi connectivity index (χ1v) is 5.84. The van der Waals surface area contributed by atoms with Crippen molar-refractivity contribution in [2.24, 2.45) is 0 Å². The number of hydrogen-bond acceptors (Lipinski definition) is 4. The first kappa shape index (κ1) is 12.4. The van der Waals surface area contributed by atoms with Gasteiger partial charge in [0, 0.05) is 17.0 Å². The molecule has 0 N–H and O–H groups in total. The lowest BCUT2D eigenvalue weighted by molar-refractivity contribution is -0.120. The molecule has 4 nitrogen and oxygen atoms in total. The van der Waals surface area contributed by atoms with Gasteiger partial charge in [0.05, 0.1) is 0 Å². The van der Waals surface area contributed by atoms with Gasteiger partial charge in [0.25, 0.3) is 6.47 Å². The Labute approximate surface area is 104 Å². The van der Waals surface area contributed by atoms with Gasteiger partial charge in [0.15, 0.2) is 0 Å². The van der Waals surface area contributed by atoms with E-state index in [0.29, 0.717) is 23.4 Å². The molecule has 0 aliphatic carbocycles. The predicted molar refractivity (Wildman–Crippen MR) is 67.9 cm³/mol. The third-order valence-corrected chi connectivity index (χ3v) is 2.92. The minimum absolute atomic E-state index is 0.339. The van der Waals surface area contributed by atoms with E-state index in [4.69, 9.17) is 9.15 Å². The third-order valence-electron chi connectivity index (χ3n) is 2.92. The van der Waals surface area contributed by atoms with Crippen LogP contribution in [-0.2, 0) is 11.2 Å². The Kier molecular flexibility index (Phi) is 3.46. The summed E-state index contributed by atoms with van der Waals surface area (Å²) in [6.07, 6.45) is 1.77. The van der Waals surface area contributed by atoms with E-state index >= 15 is 0 Å². The smallest absolute Gasteiger partial charge is 0.339 e. The standard InChI is InChI=1S/C14H14O4/c1-3-4-11-9(2)14(16)18-13-7-10(17-8-15)5-6-12(11)13/h5-8H,3-4H2,1-2H3. The number of carbonyl (C=O) groups is 1. The van der Waals surface area contributed by atoms with Crippen LogP contribution in [0.5, 0.6) is 5.75 Å². The third kappa shape index (κ3) is 2.14. The van der Waals surface area contributed by atoms with Gasteiger partial charge in [-0.05, 0) is 31.0 Å². The lowest BCUT2D eigenvalue weighted by atomic mass is 10.0. The van der Waals surface area contributed by atoms with E-state index in [0.717, 1.165) is 23.8 Å². The topological polar surface area (TPSA) is 56.5 Å². The lowest BCUT2D eigenvalue weighted by Gasteiger charge is -2.08. The molecular formula is C14H14O4. The van der Waals surface area contributed by atoms with E-state index in [-0.39, 0.29) is 5.63 Å². The Morgan fingerprint density at radius 2 is 2.17 bits per heavy atom. The summed E-state index contributed by atoms with van der Waals surface area (Å²) < 4.78 is 9.96. The van der Waals surface area contributed by atoms with Crippen molar-refractivity contribution in [1.82, 2.24) is 0 Å². The minimum Gasteiger partial charge on any atom is -0.429 e. The average Bonchev–Trinajstić information content (AvgIpc) is 2.35. The zero-order valence-electron chi connectivity index (χ0n) is 10.4. The fraction of sp³-hybridized carbons (Fsp3) is 0.286. The van der Waals surface area contributed by atoms with Crippen LogP contribution in [0.25, 0.3) is 11.0 Å². The van der Waals surface area contributed by atoms with Crippen LogP contribution < -0.4 is 10.4 Å². The van der Waals surface area contributed by atoms with Gasteiger partial charge in [-0.25, -0.2) is 4.79 Å². The van der Waals surface area contributed by atoms with Crippen molar-refractivity contribution < 1.29 is 13.9 Å². The first-order valence-electron chi connectivity index (χ1n) is 5.84. The molecule has 0 bridgehead atoms. The maximum atomic E-state index is 11.7. The monoisotopic (exact) mass is 246 g/mol. The van der Waals surface area contributed by atoms with Crippen molar-refractivity contribution in [3.8, 4) is 5.75 Å². The van der Waals surface area contributed by atoms with Crippen molar-refractivity contribution in [1.29, 1.82) is 0 Å². The highest BCUT2D eigenvalue weighted by Gasteiger charge is 2.11. The maximum absolute atomic E-state index is 11.7. The van der Waals surface area contributed by atoms with Crippen LogP contribution in [0.2, 0.25) is 0 Å². The molecule has 2 aromatic rings. The second-order valence-electron chi connectivity index (χ2n) is 4.12. The Morgan fingerprint density at radius 3 is 2.83 bits per heavy atom. The SMILES string of the molecule is CCCc1c(C)c(=O)oc2cc(OC=O)ccc12. The molecule has 18 heavy (non-hydrogen) atoms. The van der Waals surface area contributed by atoms with E-state index in [1.807, 2.05) is 6.07 Å². The van der Waals surface area contributed by atoms with Gasteiger partial charge in [0.2, 0.25) is 0 Å². The van der Waals surface area contributed by atoms with Crippen molar-refractivity contribution >= 4 is 17.4 Å². The molecule has 0 aliphatic rings. The number of benzene rings is 1. The summed E-state index contributed by atoms with van der Waals surface area (Å²) in [5, 5.41) is 0.896. The number of fused-ring (bicyclic) bond motifs is 1. The molecule has 0 saturated heterocycles. The van der Waals surface area contributed by atoms with Crippen LogP contribution in [0, 0.1) is 6.92 Å². The zero-order valence-corrected chi connectivity index (χ0v) is 10.4. The summed E-state index contributed by atoms with van der Waals surface area (Å²) in [5.41, 5.74) is 1.76. The van der Waals surface area contributed by atoms with Gasteiger partial charge >= 0.3 is 5.63 Å². The molecule has 94 valence electrons. The van der Waals surface area contributed by atoms with Crippen LogP contribution in [0.4, 0.5) is 0 Å². The molecule has 4 heteroatoms. The quantitative estimate of drug-likeness (QED) is 0.614. The number of carbonyl (C=O) groups excluding carboxylic acids is 1. The molecule has 0 spiro atoms. The van der Waals surface area contributed by atoms with Gasteiger partial charge in [-0.1, -0.05) is 13.3 Å². The molecule has 0 fully saturated rings. The summed E-state index contributed by atoms with van der Waals surface area (Å²) in [7, 11) is 0. The van der Waals surface area contributed by atoms with E-state index in [2.05, 4.69) is 6.92 Å². The average molecular weight is 246 g/mol. The second kappa shape index (κ2) is 5.04. The summed E-state index contributed by atoms with van der Waals surface area (Å²) in [6, 6.07) is 5.06. The van der Waals surface area contributed by atoms with Gasteiger partial charge < -0.3 is 9.15 Å². The molecular weight excluding hydrogens is 232 g/mol. The van der Waals surface area contributed by atoms with Crippen LogP contribution in [0.3, 0.4) is 0 Å². The fourth-order valence-corrected chi connectivity index (χ4v) is 2.04. The maximum Gasteiger partial charge on any atom is 0.339 e. The Hall–Kier alpha value is -2.10. The molecule has 0 unspecified atom stereocenters. The molecule has 0 atom stereocenters. The molecule has 0 aliphatic heterocycles. The molecule has 0 saturated carbocycles. The highest BCUT2D eigenvalue weighted by Crippen LogP contribution is 2.25. The number of rotatable bonds is 4. The summed E-state index contributed by atoms with van der Waals surface area (Å²) in [4.78, 5) is 22.0. The number of ether oxygens (including phenoxy) is 1. The highest BCUT2D eigenvalue weighted by atomic mass is 16.5. The largest absolute Gasteiger partial charge is 0.429 e. The molecule has 0 amide bonds. The molecule has 0 radical (unpaired) electrons. The highest BCUT2D eigenvalue weighted by molar-refractivity contribution is 5.82.